The summed E-state index contributed by atoms with van der Waals surface area (Å²) in [6.45, 7) is 3.74. The Morgan fingerprint density at radius 2 is 2.11 bits per heavy atom. The summed E-state index contributed by atoms with van der Waals surface area (Å²) in [7, 11) is 1.50. The van der Waals surface area contributed by atoms with Gasteiger partial charge in [0.05, 0.1) is 11.1 Å². The maximum absolute atomic E-state index is 12.6. The molecule has 1 rings (SSSR count). The Labute approximate surface area is 111 Å². The molecule has 0 N–H and O–H groups in total. The zero-order valence-corrected chi connectivity index (χ0v) is 11.2. The first-order valence-electron chi connectivity index (χ1n) is 5.00. The Morgan fingerprint density at radius 3 is 2.61 bits per heavy atom. The third kappa shape index (κ3) is 3.35. The molecule has 0 atom stereocenters. The number of benzene rings is 1. The number of likely N-dealkylation sites (N-methyl/N-ethyl adjacent to an activating group) is 1. The van der Waals surface area contributed by atoms with E-state index in [0.717, 1.165) is 12.1 Å². The number of halogens is 4. The van der Waals surface area contributed by atoms with Gasteiger partial charge >= 0.3 is 6.18 Å². The molecular weight excluding hydrogens is 311 g/mol. The predicted octanol–water partition coefficient (Wildman–Crippen LogP) is 3.73. The lowest BCUT2D eigenvalue weighted by Gasteiger charge is -2.17. The van der Waals surface area contributed by atoms with E-state index in [1.165, 1.54) is 24.1 Å². The number of carbonyl (C=O) groups is 1. The fourth-order valence-electron chi connectivity index (χ4n) is 1.35. The first-order chi connectivity index (χ1) is 8.27. The molecule has 0 saturated carbocycles. The van der Waals surface area contributed by atoms with Crippen molar-refractivity contribution >= 4 is 21.8 Å². The zero-order chi connectivity index (χ0) is 13.9. The molecule has 18 heavy (non-hydrogen) atoms. The number of hydrogen-bond donors (Lipinski definition) is 0. The Bertz CT molecular complexity index is 471. The van der Waals surface area contributed by atoms with E-state index in [2.05, 4.69) is 22.5 Å². The van der Waals surface area contributed by atoms with Crippen molar-refractivity contribution in [2.75, 3.05) is 13.6 Å². The Morgan fingerprint density at radius 1 is 1.50 bits per heavy atom. The monoisotopic (exact) mass is 321 g/mol. The smallest absolute Gasteiger partial charge is 0.338 e. The van der Waals surface area contributed by atoms with Gasteiger partial charge in [0.25, 0.3) is 5.91 Å². The van der Waals surface area contributed by atoms with Crippen LogP contribution in [0.2, 0.25) is 0 Å². The highest BCUT2D eigenvalue weighted by atomic mass is 79.9. The summed E-state index contributed by atoms with van der Waals surface area (Å²) in [4.78, 5) is 13.2. The topological polar surface area (TPSA) is 20.3 Å². The summed E-state index contributed by atoms with van der Waals surface area (Å²) in [6, 6.07) is 2.98. The lowest BCUT2D eigenvalue weighted by Crippen LogP contribution is -2.27. The number of alkyl halides is 3. The van der Waals surface area contributed by atoms with Crippen LogP contribution in [0.4, 0.5) is 13.2 Å². The lowest BCUT2D eigenvalue weighted by atomic mass is 10.1. The lowest BCUT2D eigenvalue weighted by molar-refractivity contribution is -0.137. The van der Waals surface area contributed by atoms with Crippen LogP contribution in [-0.4, -0.2) is 24.4 Å². The second-order valence-electron chi connectivity index (χ2n) is 3.67. The summed E-state index contributed by atoms with van der Waals surface area (Å²) in [5.41, 5.74) is -0.866. The van der Waals surface area contributed by atoms with Gasteiger partial charge in [-0.25, -0.2) is 0 Å². The molecule has 0 aliphatic rings. The van der Waals surface area contributed by atoms with Crippen LogP contribution in [0.1, 0.15) is 15.9 Å². The largest absolute Gasteiger partial charge is 0.416 e. The van der Waals surface area contributed by atoms with Gasteiger partial charge in [0, 0.05) is 18.1 Å². The van der Waals surface area contributed by atoms with E-state index in [0.29, 0.717) is 4.47 Å². The van der Waals surface area contributed by atoms with Crippen molar-refractivity contribution in [2.24, 2.45) is 0 Å². The van der Waals surface area contributed by atoms with Crippen molar-refractivity contribution in [1.29, 1.82) is 0 Å². The standard InChI is InChI=1S/C12H11BrF3NO/c1-3-6-17(2)11(18)9-7-8(12(14,15)16)4-5-10(9)13/h3-5,7H,1,6H2,2H3. The third-order valence-corrected chi connectivity index (χ3v) is 2.97. The summed E-state index contributed by atoms with van der Waals surface area (Å²) >= 11 is 3.08. The maximum atomic E-state index is 12.6. The van der Waals surface area contributed by atoms with Gasteiger partial charge in [-0.15, -0.1) is 6.58 Å². The van der Waals surface area contributed by atoms with Gasteiger partial charge in [-0.1, -0.05) is 6.08 Å². The van der Waals surface area contributed by atoms with Crippen LogP contribution in [0.3, 0.4) is 0 Å². The number of hydrogen-bond acceptors (Lipinski definition) is 1. The van der Waals surface area contributed by atoms with Gasteiger partial charge in [-0.3, -0.25) is 4.79 Å². The predicted molar refractivity (Wildman–Crippen MR) is 66.3 cm³/mol. The van der Waals surface area contributed by atoms with Crippen molar-refractivity contribution in [2.45, 2.75) is 6.18 Å². The van der Waals surface area contributed by atoms with Crippen LogP contribution >= 0.6 is 15.9 Å². The molecule has 1 amide bonds. The van der Waals surface area contributed by atoms with Gasteiger partial charge in [0.1, 0.15) is 0 Å². The molecule has 0 aliphatic heterocycles. The number of amides is 1. The third-order valence-electron chi connectivity index (χ3n) is 2.27. The van der Waals surface area contributed by atoms with Gasteiger partial charge in [-0.05, 0) is 34.1 Å². The summed E-state index contributed by atoms with van der Waals surface area (Å²) in [6.07, 6.45) is -2.97. The molecule has 0 spiro atoms. The minimum absolute atomic E-state index is 0.0193. The van der Waals surface area contributed by atoms with Gasteiger partial charge in [-0.2, -0.15) is 13.2 Å². The van der Waals surface area contributed by atoms with Crippen LogP contribution in [-0.2, 0) is 6.18 Å². The van der Waals surface area contributed by atoms with E-state index in [4.69, 9.17) is 0 Å². The average molecular weight is 322 g/mol. The van der Waals surface area contributed by atoms with E-state index in [9.17, 15) is 18.0 Å². The van der Waals surface area contributed by atoms with Crippen molar-refractivity contribution in [3.8, 4) is 0 Å². The van der Waals surface area contributed by atoms with E-state index >= 15 is 0 Å². The molecular formula is C12H11BrF3NO. The van der Waals surface area contributed by atoms with Crippen molar-refractivity contribution < 1.29 is 18.0 Å². The van der Waals surface area contributed by atoms with Crippen molar-refractivity contribution in [3.05, 3.63) is 46.5 Å². The molecule has 98 valence electrons. The molecule has 1 aromatic rings. The molecule has 0 bridgehead atoms. The number of rotatable bonds is 3. The molecule has 0 heterocycles. The number of carbonyl (C=O) groups excluding carboxylic acids is 1. The molecule has 0 aromatic heterocycles. The van der Waals surface area contributed by atoms with Crippen LogP contribution in [0.5, 0.6) is 0 Å². The molecule has 0 saturated heterocycles. The molecule has 0 radical (unpaired) electrons. The molecule has 0 fully saturated rings. The molecule has 0 unspecified atom stereocenters. The van der Waals surface area contributed by atoms with Crippen molar-refractivity contribution in [3.63, 3.8) is 0 Å². The summed E-state index contributed by atoms with van der Waals surface area (Å²) in [5, 5.41) is 0. The van der Waals surface area contributed by atoms with Crippen LogP contribution in [0, 0.1) is 0 Å². The average Bonchev–Trinajstić information content (AvgIpc) is 2.27. The van der Waals surface area contributed by atoms with E-state index in [1.807, 2.05) is 0 Å². The first kappa shape index (κ1) is 14.8. The quantitative estimate of drug-likeness (QED) is 0.777. The first-order valence-corrected chi connectivity index (χ1v) is 5.79. The van der Waals surface area contributed by atoms with E-state index < -0.39 is 17.6 Å². The normalized spacial score (nSPS) is 11.2. The van der Waals surface area contributed by atoms with Crippen LogP contribution in [0.15, 0.2) is 35.3 Å². The summed E-state index contributed by atoms with van der Waals surface area (Å²) in [5.74, 6) is -0.493. The van der Waals surface area contributed by atoms with Gasteiger partial charge in [0.2, 0.25) is 0 Å². The highest BCUT2D eigenvalue weighted by Gasteiger charge is 2.31. The maximum Gasteiger partial charge on any atom is 0.416 e. The molecule has 0 aliphatic carbocycles. The van der Waals surface area contributed by atoms with Gasteiger partial charge < -0.3 is 4.90 Å². The van der Waals surface area contributed by atoms with Crippen LogP contribution < -0.4 is 0 Å². The van der Waals surface area contributed by atoms with Gasteiger partial charge in [0.15, 0.2) is 0 Å². The highest BCUT2D eigenvalue weighted by molar-refractivity contribution is 9.10. The van der Waals surface area contributed by atoms with E-state index in [1.54, 1.807) is 0 Å². The molecule has 6 heteroatoms. The second-order valence-corrected chi connectivity index (χ2v) is 4.52. The fraction of sp³-hybridized carbons (Fsp3) is 0.250. The fourth-order valence-corrected chi connectivity index (χ4v) is 1.76. The Hall–Kier alpha value is -1.30. The molecule has 2 nitrogen and oxygen atoms in total. The summed E-state index contributed by atoms with van der Waals surface area (Å²) < 4.78 is 38.0. The Kier molecular flexibility index (Phi) is 4.56. The molecule has 1 aromatic carbocycles. The SMILES string of the molecule is C=CCN(C)C(=O)c1cc(C(F)(F)F)ccc1Br. The Balaban J connectivity index is 3.16. The van der Waals surface area contributed by atoms with Crippen molar-refractivity contribution in [1.82, 2.24) is 4.90 Å². The second kappa shape index (κ2) is 5.56. The zero-order valence-electron chi connectivity index (χ0n) is 9.59. The van der Waals surface area contributed by atoms with Crippen LogP contribution in [0.25, 0.3) is 0 Å². The number of nitrogens with zero attached hydrogens (tertiary/aromatic N) is 1. The van der Waals surface area contributed by atoms with E-state index in [-0.39, 0.29) is 12.1 Å². The highest BCUT2D eigenvalue weighted by Crippen LogP contribution is 2.32. The minimum atomic E-state index is -4.47. The minimum Gasteiger partial charge on any atom is -0.338 e.